The third-order valence-corrected chi connectivity index (χ3v) is 2.95. The molecular weight excluding hydrogens is 302 g/mol. The molecule has 0 aliphatic rings. The number of amides is 3. The van der Waals surface area contributed by atoms with E-state index in [-0.39, 0.29) is 18.8 Å². The molecule has 120 valence electrons. The molecule has 1 aromatic heterocycles. The van der Waals surface area contributed by atoms with Crippen LogP contribution in [0.3, 0.4) is 0 Å². The summed E-state index contributed by atoms with van der Waals surface area (Å²) in [4.78, 5) is 36.7. The highest BCUT2D eigenvalue weighted by molar-refractivity contribution is 5.94. The Kier molecular flexibility index (Phi) is 5.40. The second kappa shape index (κ2) is 7.69. The van der Waals surface area contributed by atoms with E-state index in [2.05, 4.69) is 15.6 Å². The molecule has 9 heteroatoms. The van der Waals surface area contributed by atoms with Crippen molar-refractivity contribution >= 4 is 17.8 Å². The lowest BCUT2D eigenvalue weighted by Crippen LogP contribution is -2.39. The molecule has 2 rings (SSSR count). The lowest BCUT2D eigenvalue weighted by Gasteiger charge is -2.06. The number of rotatable bonds is 6. The van der Waals surface area contributed by atoms with Crippen LogP contribution in [0.5, 0.6) is 0 Å². The maximum absolute atomic E-state index is 11.6. The average Bonchev–Trinajstić information content (AvgIpc) is 3.01. The topological polar surface area (TPSA) is 119 Å². The van der Waals surface area contributed by atoms with Gasteiger partial charge in [-0.1, -0.05) is 30.3 Å². The molecule has 0 fully saturated rings. The van der Waals surface area contributed by atoms with E-state index in [0.29, 0.717) is 6.54 Å². The molecular formula is C14H15N5O4. The first-order valence-corrected chi connectivity index (χ1v) is 6.82. The minimum absolute atomic E-state index is 0.00622. The van der Waals surface area contributed by atoms with Crippen LogP contribution in [-0.2, 0) is 17.9 Å². The Morgan fingerprint density at radius 1 is 1.26 bits per heavy atom. The Morgan fingerprint density at radius 3 is 2.65 bits per heavy atom. The van der Waals surface area contributed by atoms with E-state index >= 15 is 0 Å². The van der Waals surface area contributed by atoms with Gasteiger partial charge in [-0.25, -0.2) is 4.79 Å². The zero-order chi connectivity index (χ0) is 16.7. The van der Waals surface area contributed by atoms with E-state index in [1.165, 1.54) is 17.1 Å². The third kappa shape index (κ3) is 5.23. The van der Waals surface area contributed by atoms with Gasteiger partial charge in [0.2, 0.25) is 12.2 Å². The molecule has 0 radical (unpaired) electrons. The predicted octanol–water partition coefficient (Wildman–Crippen LogP) is 1.21. The van der Waals surface area contributed by atoms with E-state index in [4.69, 9.17) is 0 Å². The smallest absolute Gasteiger partial charge is 0.358 e. The maximum atomic E-state index is 11.6. The summed E-state index contributed by atoms with van der Waals surface area (Å²) in [6, 6.07) is 8.69. The summed E-state index contributed by atoms with van der Waals surface area (Å²) >= 11 is 0. The molecule has 1 heterocycles. The molecule has 23 heavy (non-hydrogen) atoms. The minimum Gasteiger partial charge on any atom is -0.358 e. The molecule has 2 aromatic rings. The second-order valence-corrected chi connectivity index (χ2v) is 4.69. The van der Waals surface area contributed by atoms with E-state index in [0.717, 1.165) is 5.56 Å². The Morgan fingerprint density at radius 2 is 2.00 bits per heavy atom. The van der Waals surface area contributed by atoms with Gasteiger partial charge in [0.05, 0.1) is 0 Å². The summed E-state index contributed by atoms with van der Waals surface area (Å²) in [5, 5.41) is 15.2. The predicted molar refractivity (Wildman–Crippen MR) is 80.3 cm³/mol. The highest BCUT2D eigenvalue weighted by atomic mass is 16.6. The lowest BCUT2D eigenvalue weighted by atomic mass is 10.2. The number of aromatic nitrogens is 2. The normalized spacial score (nSPS) is 10.1. The molecule has 0 saturated heterocycles. The quantitative estimate of drug-likeness (QED) is 0.613. The summed E-state index contributed by atoms with van der Waals surface area (Å²) < 4.78 is 1.42. The van der Waals surface area contributed by atoms with Crippen molar-refractivity contribution in [2.75, 3.05) is 0 Å². The van der Waals surface area contributed by atoms with Crippen LogP contribution in [0.15, 0.2) is 42.9 Å². The van der Waals surface area contributed by atoms with Gasteiger partial charge in [-0.15, -0.1) is 0 Å². The molecule has 0 spiro atoms. The largest absolute Gasteiger partial charge is 0.381 e. The van der Waals surface area contributed by atoms with Crippen LogP contribution in [-0.4, -0.2) is 26.4 Å². The van der Waals surface area contributed by atoms with E-state index in [1.54, 1.807) is 0 Å². The molecule has 0 aliphatic carbocycles. The first-order valence-electron chi connectivity index (χ1n) is 6.82. The Balaban J connectivity index is 1.71. The van der Waals surface area contributed by atoms with Gasteiger partial charge in [0.25, 0.3) is 0 Å². The summed E-state index contributed by atoms with van der Waals surface area (Å²) in [7, 11) is 0. The number of imidazole rings is 1. The van der Waals surface area contributed by atoms with Crippen molar-refractivity contribution < 1.29 is 14.5 Å². The Bertz CT molecular complexity index is 698. The van der Waals surface area contributed by atoms with Crippen molar-refractivity contribution in [3.63, 3.8) is 0 Å². The number of nitrogens with one attached hydrogen (secondary N) is 2. The maximum Gasteiger partial charge on any atom is 0.381 e. The summed E-state index contributed by atoms with van der Waals surface area (Å²) in [6.07, 6.45) is 2.50. The van der Waals surface area contributed by atoms with Gasteiger partial charge in [0.1, 0.15) is 6.20 Å². The highest BCUT2D eigenvalue weighted by Gasteiger charge is 2.12. The van der Waals surface area contributed by atoms with Crippen LogP contribution in [0, 0.1) is 10.1 Å². The number of carbonyl (C=O) groups is 2. The van der Waals surface area contributed by atoms with Crippen molar-refractivity contribution in [2.24, 2.45) is 0 Å². The molecule has 9 nitrogen and oxygen atoms in total. The number of carbonyl (C=O) groups excluding carboxylic acids is 2. The van der Waals surface area contributed by atoms with Gasteiger partial charge in [-0.3, -0.25) is 10.1 Å². The molecule has 0 aliphatic heterocycles. The second-order valence-electron chi connectivity index (χ2n) is 4.69. The summed E-state index contributed by atoms with van der Waals surface area (Å²) in [5.74, 6) is -0.766. The fourth-order valence-corrected chi connectivity index (χ4v) is 1.81. The van der Waals surface area contributed by atoms with Crippen molar-refractivity contribution in [1.82, 2.24) is 20.2 Å². The minimum atomic E-state index is -0.617. The fourth-order valence-electron chi connectivity index (χ4n) is 1.81. The van der Waals surface area contributed by atoms with Crippen molar-refractivity contribution in [2.45, 2.75) is 19.5 Å². The molecule has 0 unspecified atom stereocenters. The lowest BCUT2D eigenvalue weighted by molar-refractivity contribution is -0.389. The molecule has 0 bridgehead atoms. The van der Waals surface area contributed by atoms with Gasteiger partial charge in [0, 0.05) is 19.5 Å². The fraction of sp³-hybridized carbons (Fsp3) is 0.214. The number of aryl methyl sites for hydroxylation is 1. The molecule has 3 amide bonds. The Labute approximate surface area is 131 Å². The van der Waals surface area contributed by atoms with Crippen molar-refractivity contribution in [3.05, 3.63) is 58.5 Å². The van der Waals surface area contributed by atoms with Crippen molar-refractivity contribution in [1.29, 1.82) is 0 Å². The first-order chi connectivity index (χ1) is 11.0. The molecule has 0 atom stereocenters. The number of nitro groups is 1. The van der Waals surface area contributed by atoms with Crippen LogP contribution in [0.1, 0.15) is 12.0 Å². The van der Waals surface area contributed by atoms with Gasteiger partial charge in [-0.05, 0) is 15.5 Å². The van der Waals surface area contributed by atoms with Crippen LogP contribution in [0.25, 0.3) is 0 Å². The van der Waals surface area contributed by atoms with Gasteiger partial charge < -0.3 is 20.0 Å². The first kappa shape index (κ1) is 16.1. The number of benzene rings is 1. The van der Waals surface area contributed by atoms with Crippen LogP contribution in [0.4, 0.5) is 10.6 Å². The van der Waals surface area contributed by atoms with E-state index < -0.39 is 16.9 Å². The summed E-state index contributed by atoms with van der Waals surface area (Å²) in [6.45, 7) is 0.506. The average molecular weight is 317 g/mol. The van der Waals surface area contributed by atoms with Crippen LogP contribution in [0.2, 0.25) is 0 Å². The van der Waals surface area contributed by atoms with Gasteiger partial charge in [0.15, 0.2) is 0 Å². The number of hydrogen-bond acceptors (Lipinski definition) is 5. The Hall–Kier alpha value is -3.23. The van der Waals surface area contributed by atoms with Crippen molar-refractivity contribution in [3.8, 4) is 0 Å². The monoisotopic (exact) mass is 317 g/mol. The summed E-state index contributed by atoms with van der Waals surface area (Å²) in [5.41, 5.74) is 0.917. The number of urea groups is 1. The SMILES string of the molecule is O=C(CCn1cnc([N+](=O)[O-])c1)NC(=O)NCc1ccccc1. The molecule has 1 aromatic carbocycles. The molecule has 2 N–H and O–H groups in total. The zero-order valence-corrected chi connectivity index (χ0v) is 12.1. The third-order valence-electron chi connectivity index (χ3n) is 2.95. The highest BCUT2D eigenvalue weighted by Crippen LogP contribution is 2.06. The number of hydrogen-bond donors (Lipinski definition) is 2. The standard InChI is InChI=1S/C14H15N5O4/c20-13(6-7-18-9-12(16-10-18)19(22)23)17-14(21)15-8-11-4-2-1-3-5-11/h1-5,9-10H,6-8H2,(H2,15,17,20,21). The zero-order valence-electron chi connectivity index (χ0n) is 12.1. The van der Waals surface area contributed by atoms with Crippen LogP contribution < -0.4 is 10.6 Å². The number of imide groups is 1. The van der Waals surface area contributed by atoms with E-state index in [9.17, 15) is 19.7 Å². The van der Waals surface area contributed by atoms with E-state index in [1.807, 2.05) is 30.3 Å². The van der Waals surface area contributed by atoms with Gasteiger partial charge in [-0.2, -0.15) is 0 Å². The van der Waals surface area contributed by atoms with Gasteiger partial charge >= 0.3 is 11.8 Å². The molecule has 0 saturated carbocycles. The number of nitrogens with zero attached hydrogens (tertiary/aromatic N) is 3. The van der Waals surface area contributed by atoms with Crippen LogP contribution >= 0.6 is 0 Å².